The summed E-state index contributed by atoms with van der Waals surface area (Å²) in [7, 11) is -2.51. The van der Waals surface area contributed by atoms with Gasteiger partial charge in [0.1, 0.15) is 10.7 Å². The fourth-order valence-electron chi connectivity index (χ4n) is 4.18. The second-order valence-corrected chi connectivity index (χ2v) is 11.2. The number of ketones is 1. The standard InChI is InChI=1S/C30H28O3S2/c1-22-8-14-26(15-9-22)30(2,21-35(32)33)20-23-10-16-27(17-11-23)34-28-18-12-25(13-19-28)29(31)24-6-4-3-5-7-24/h3-19,35H,20-21H2,1-2H3. The molecule has 178 valence electrons. The minimum absolute atomic E-state index is 0.0166. The highest BCUT2D eigenvalue weighted by Crippen LogP contribution is 2.32. The van der Waals surface area contributed by atoms with Crippen molar-refractivity contribution in [2.75, 3.05) is 5.75 Å². The average Bonchev–Trinajstić information content (AvgIpc) is 2.86. The quantitative estimate of drug-likeness (QED) is 0.211. The van der Waals surface area contributed by atoms with Gasteiger partial charge in [-0.15, -0.1) is 0 Å². The summed E-state index contributed by atoms with van der Waals surface area (Å²) in [6.45, 7) is 4.05. The summed E-state index contributed by atoms with van der Waals surface area (Å²) >= 11 is 1.63. The predicted octanol–water partition coefficient (Wildman–Crippen LogP) is 6.49. The van der Waals surface area contributed by atoms with Gasteiger partial charge < -0.3 is 0 Å². The molecule has 5 heteroatoms. The molecule has 0 heterocycles. The number of hydrogen-bond acceptors (Lipinski definition) is 4. The Balaban J connectivity index is 1.45. The molecule has 0 aliphatic heterocycles. The van der Waals surface area contributed by atoms with Crippen molar-refractivity contribution < 1.29 is 13.2 Å². The fourth-order valence-corrected chi connectivity index (χ4v) is 5.86. The molecule has 0 radical (unpaired) electrons. The van der Waals surface area contributed by atoms with Crippen molar-refractivity contribution in [1.29, 1.82) is 0 Å². The smallest absolute Gasteiger partial charge is 0.193 e. The molecule has 1 atom stereocenters. The van der Waals surface area contributed by atoms with Gasteiger partial charge in [0.25, 0.3) is 0 Å². The van der Waals surface area contributed by atoms with Crippen molar-refractivity contribution in [2.45, 2.75) is 35.5 Å². The van der Waals surface area contributed by atoms with Gasteiger partial charge in [-0.1, -0.05) is 91.0 Å². The molecule has 0 aliphatic rings. The SMILES string of the molecule is Cc1ccc(C(C)(Cc2ccc(Sc3ccc(C(=O)c4ccccc4)cc3)cc2)C[SH](=O)=O)cc1. The van der Waals surface area contributed by atoms with E-state index in [1.165, 1.54) is 0 Å². The van der Waals surface area contributed by atoms with Crippen LogP contribution in [0.5, 0.6) is 0 Å². The van der Waals surface area contributed by atoms with E-state index < -0.39 is 16.1 Å². The molecule has 0 saturated carbocycles. The van der Waals surface area contributed by atoms with Gasteiger partial charge in [-0.3, -0.25) is 4.79 Å². The van der Waals surface area contributed by atoms with E-state index >= 15 is 0 Å². The summed E-state index contributed by atoms with van der Waals surface area (Å²) in [6.07, 6.45) is 0.639. The average molecular weight is 501 g/mol. The number of carbonyl (C=O) groups is 1. The van der Waals surface area contributed by atoms with Gasteiger partial charge >= 0.3 is 0 Å². The van der Waals surface area contributed by atoms with Gasteiger partial charge in [0.2, 0.25) is 0 Å². The highest BCUT2D eigenvalue weighted by atomic mass is 32.2. The number of aryl methyl sites for hydroxylation is 1. The molecule has 0 amide bonds. The molecule has 4 aromatic carbocycles. The molecule has 35 heavy (non-hydrogen) atoms. The molecule has 3 nitrogen and oxygen atoms in total. The van der Waals surface area contributed by atoms with Crippen LogP contribution in [0.2, 0.25) is 0 Å². The Labute approximate surface area is 213 Å². The summed E-state index contributed by atoms with van der Waals surface area (Å²) in [4.78, 5) is 14.7. The van der Waals surface area contributed by atoms with Crippen LogP contribution < -0.4 is 0 Å². The van der Waals surface area contributed by atoms with E-state index in [2.05, 4.69) is 24.3 Å². The zero-order valence-electron chi connectivity index (χ0n) is 19.8. The van der Waals surface area contributed by atoms with E-state index in [-0.39, 0.29) is 11.5 Å². The maximum Gasteiger partial charge on any atom is 0.193 e. The lowest BCUT2D eigenvalue weighted by atomic mass is 9.79. The van der Waals surface area contributed by atoms with E-state index in [1.807, 2.05) is 92.7 Å². The largest absolute Gasteiger partial charge is 0.289 e. The first-order valence-electron chi connectivity index (χ1n) is 11.5. The molecule has 4 rings (SSSR count). The van der Waals surface area contributed by atoms with Crippen LogP contribution in [0.4, 0.5) is 0 Å². The van der Waals surface area contributed by atoms with Crippen LogP contribution in [0.15, 0.2) is 113 Å². The lowest BCUT2D eigenvalue weighted by Gasteiger charge is -2.28. The highest BCUT2D eigenvalue weighted by molar-refractivity contribution is 7.99. The van der Waals surface area contributed by atoms with Crippen LogP contribution in [0.1, 0.15) is 39.5 Å². The Bertz CT molecular complexity index is 1350. The number of rotatable bonds is 9. The first-order chi connectivity index (χ1) is 16.8. The van der Waals surface area contributed by atoms with Gasteiger partial charge in [0.15, 0.2) is 5.78 Å². The van der Waals surface area contributed by atoms with Crippen molar-refractivity contribution in [3.8, 4) is 0 Å². The Hall–Kier alpha value is -3.15. The van der Waals surface area contributed by atoms with Crippen molar-refractivity contribution in [3.05, 3.63) is 131 Å². The third kappa shape index (κ3) is 6.50. The molecular formula is C30H28O3S2. The van der Waals surface area contributed by atoms with Crippen LogP contribution in [0.25, 0.3) is 0 Å². The van der Waals surface area contributed by atoms with Gasteiger partial charge in [-0.2, -0.15) is 0 Å². The second-order valence-electron chi connectivity index (χ2n) is 9.06. The Morgan fingerprint density at radius 2 is 1.29 bits per heavy atom. The van der Waals surface area contributed by atoms with Crippen LogP contribution >= 0.6 is 11.8 Å². The monoisotopic (exact) mass is 500 g/mol. The number of carbonyl (C=O) groups excluding carboxylic acids is 1. The zero-order chi connectivity index (χ0) is 24.8. The third-order valence-corrected chi connectivity index (χ3v) is 8.10. The second kappa shape index (κ2) is 11.1. The molecular weight excluding hydrogens is 472 g/mol. The van der Waals surface area contributed by atoms with Crippen molar-refractivity contribution >= 4 is 28.2 Å². The van der Waals surface area contributed by atoms with Gasteiger partial charge in [0.05, 0.1) is 5.75 Å². The molecule has 0 aliphatic carbocycles. The highest BCUT2D eigenvalue weighted by Gasteiger charge is 2.28. The molecule has 4 aromatic rings. The number of benzene rings is 4. The minimum Gasteiger partial charge on any atom is -0.289 e. The van der Waals surface area contributed by atoms with E-state index in [1.54, 1.807) is 11.8 Å². The van der Waals surface area contributed by atoms with E-state index in [9.17, 15) is 13.2 Å². The van der Waals surface area contributed by atoms with Crippen molar-refractivity contribution in [2.24, 2.45) is 0 Å². The van der Waals surface area contributed by atoms with Crippen molar-refractivity contribution in [3.63, 3.8) is 0 Å². The van der Waals surface area contributed by atoms with Gasteiger partial charge in [0, 0.05) is 26.3 Å². The molecule has 0 saturated heterocycles. The zero-order valence-corrected chi connectivity index (χ0v) is 21.5. The van der Waals surface area contributed by atoms with Crippen LogP contribution in [-0.4, -0.2) is 20.0 Å². The van der Waals surface area contributed by atoms with Crippen LogP contribution in [0.3, 0.4) is 0 Å². The number of thiol groups is 1. The lowest BCUT2D eigenvalue weighted by Crippen LogP contribution is -2.30. The Morgan fingerprint density at radius 3 is 1.86 bits per heavy atom. The van der Waals surface area contributed by atoms with E-state index in [0.717, 1.165) is 26.5 Å². The normalized spacial score (nSPS) is 12.9. The molecule has 0 bridgehead atoms. The van der Waals surface area contributed by atoms with Gasteiger partial charge in [-0.05, 0) is 60.9 Å². The Kier molecular flexibility index (Phi) is 7.89. The maximum absolute atomic E-state index is 12.6. The predicted molar refractivity (Wildman–Crippen MR) is 144 cm³/mol. The molecule has 0 aromatic heterocycles. The topological polar surface area (TPSA) is 51.2 Å². The molecule has 0 spiro atoms. The fraction of sp³-hybridized carbons (Fsp3) is 0.167. The minimum atomic E-state index is -2.51. The summed E-state index contributed by atoms with van der Waals surface area (Å²) in [5.41, 5.74) is 4.15. The summed E-state index contributed by atoms with van der Waals surface area (Å²) in [6, 6.07) is 33.3. The van der Waals surface area contributed by atoms with Crippen LogP contribution in [0, 0.1) is 6.92 Å². The lowest BCUT2D eigenvalue weighted by molar-refractivity contribution is 0.103. The van der Waals surface area contributed by atoms with Crippen molar-refractivity contribution in [1.82, 2.24) is 0 Å². The summed E-state index contributed by atoms with van der Waals surface area (Å²) < 4.78 is 23.3. The van der Waals surface area contributed by atoms with Crippen LogP contribution in [-0.2, 0) is 22.5 Å². The first kappa shape index (κ1) is 25.0. The third-order valence-electron chi connectivity index (χ3n) is 6.13. The Morgan fingerprint density at radius 1 is 0.743 bits per heavy atom. The molecule has 1 unspecified atom stereocenters. The molecule has 0 N–H and O–H groups in total. The van der Waals surface area contributed by atoms with E-state index in [4.69, 9.17) is 0 Å². The first-order valence-corrected chi connectivity index (χ1v) is 13.7. The van der Waals surface area contributed by atoms with E-state index in [0.29, 0.717) is 17.5 Å². The maximum atomic E-state index is 12.6. The summed E-state index contributed by atoms with van der Waals surface area (Å²) in [5, 5.41) is 0. The van der Waals surface area contributed by atoms with Gasteiger partial charge in [-0.25, -0.2) is 8.42 Å². The summed E-state index contributed by atoms with van der Waals surface area (Å²) in [5.74, 6) is 0.124. The number of hydrogen-bond donors (Lipinski definition) is 1. The molecule has 0 fully saturated rings.